The molecule has 0 saturated heterocycles. The molecule has 0 fully saturated rings. The molecule has 27 heavy (non-hydrogen) atoms. The summed E-state index contributed by atoms with van der Waals surface area (Å²) in [7, 11) is -3.11. The van der Waals surface area contributed by atoms with Crippen LogP contribution in [0.2, 0.25) is 0 Å². The van der Waals surface area contributed by atoms with Gasteiger partial charge >= 0.3 is 0 Å². The Kier molecular flexibility index (Phi) is 13.7. The largest absolute Gasteiger partial charge is 0.357 e. The molecule has 0 aliphatic heterocycles. The average molecular weight is 510 g/mol. The molecule has 156 valence electrons. The van der Waals surface area contributed by atoms with Crippen LogP contribution >= 0.6 is 24.0 Å². The molecule has 6 nitrogen and oxygen atoms in total. The van der Waals surface area contributed by atoms with Crippen molar-refractivity contribution in [2.75, 3.05) is 32.4 Å². The van der Waals surface area contributed by atoms with Crippen molar-refractivity contribution in [3.05, 3.63) is 35.4 Å². The van der Waals surface area contributed by atoms with E-state index in [0.717, 1.165) is 31.9 Å². The summed E-state index contributed by atoms with van der Waals surface area (Å²) in [4.78, 5) is 4.58. The van der Waals surface area contributed by atoms with E-state index >= 15 is 0 Å². The van der Waals surface area contributed by atoms with Gasteiger partial charge in [-0.3, -0.25) is 4.99 Å². The SMILES string of the molecule is CCNC(=NCCCc1ccc(C(C)C)cc1)NCCCNS(C)(=O)=O.I. The van der Waals surface area contributed by atoms with Gasteiger partial charge in [-0.1, -0.05) is 38.1 Å². The Hall–Kier alpha value is -0.870. The number of halogens is 1. The second kappa shape index (κ2) is 14.2. The predicted molar refractivity (Wildman–Crippen MR) is 126 cm³/mol. The Bertz CT molecular complexity index is 646. The zero-order valence-corrected chi connectivity index (χ0v) is 20.1. The number of sulfonamides is 1. The first-order valence-electron chi connectivity index (χ1n) is 9.37. The molecule has 0 aliphatic rings. The molecule has 0 amide bonds. The molecular formula is C19H35IN4O2S. The minimum absolute atomic E-state index is 0. The first kappa shape index (κ1) is 26.1. The number of hydrogen-bond acceptors (Lipinski definition) is 3. The highest BCUT2D eigenvalue weighted by Gasteiger charge is 2.01. The monoisotopic (exact) mass is 510 g/mol. The summed E-state index contributed by atoms with van der Waals surface area (Å²) < 4.78 is 24.5. The molecule has 3 N–H and O–H groups in total. The third-order valence-corrected chi connectivity index (χ3v) is 4.62. The van der Waals surface area contributed by atoms with Gasteiger partial charge in [0, 0.05) is 26.2 Å². The molecule has 0 aromatic heterocycles. The van der Waals surface area contributed by atoms with E-state index < -0.39 is 10.0 Å². The lowest BCUT2D eigenvalue weighted by atomic mass is 10.0. The molecule has 1 aromatic rings. The molecule has 0 atom stereocenters. The maximum Gasteiger partial charge on any atom is 0.208 e. The normalized spacial score (nSPS) is 12.0. The van der Waals surface area contributed by atoms with E-state index in [0.29, 0.717) is 25.4 Å². The van der Waals surface area contributed by atoms with E-state index in [1.165, 1.54) is 17.4 Å². The van der Waals surface area contributed by atoms with Crippen molar-refractivity contribution in [3.8, 4) is 0 Å². The van der Waals surface area contributed by atoms with Gasteiger partial charge < -0.3 is 10.6 Å². The van der Waals surface area contributed by atoms with Gasteiger partial charge in [-0.05, 0) is 43.2 Å². The molecule has 1 rings (SSSR count). The first-order valence-corrected chi connectivity index (χ1v) is 11.3. The topological polar surface area (TPSA) is 82.6 Å². The molecular weight excluding hydrogens is 475 g/mol. The van der Waals surface area contributed by atoms with Crippen molar-refractivity contribution >= 4 is 40.0 Å². The third kappa shape index (κ3) is 13.0. The van der Waals surface area contributed by atoms with Gasteiger partial charge in [-0.25, -0.2) is 13.1 Å². The number of guanidine groups is 1. The number of benzene rings is 1. The summed E-state index contributed by atoms with van der Waals surface area (Å²) in [6, 6.07) is 8.83. The number of hydrogen-bond donors (Lipinski definition) is 3. The van der Waals surface area contributed by atoms with E-state index in [1.807, 2.05) is 6.92 Å². The molecule has 0 bridgehead atoms. The lowest BCUT2D eigenvalue weighted by Crippen LogP contribution is -2.38. The van der Waals surface area contributed by atoms with E-state index in [-0.39, 0.29) is 24.0 Å². The van der Waals surface area contributed by atoms with E-state index in [2.05, 4.69) is 58.5 Å². The molecule has 0 unspecified atom stereocenters. The van der Waals surface area contributed by atoms with Crippen LogP contribution in [0.1, 0.15) is 50.7 Å². The summed E-state index contributed by atoms with van der Waals surface area (Å²) >= 11 is 0. The zero-order valence-electron chi connectivity index (χ0n) is 16.9. The highest BCUT2D eigenvalue weighted by molar-refractivity contribution is 14.0. The van der Waals surface area contributed by atoms with Crippen LogP contribution in [0.5, 0.6) is 0 Å². The molecule has 0 spiro atoms. The van der Waals surface area contributed by atoms with Crippen molar-refractivity contribution < 1.29 is 8.42 Å². The Morgan fingerprint density at radius 2 is 1.74 bits per heavy atom. The Morgan fingerprint density at radius 1 is 1.07 bits per heavy atom. The highest BCUT2D eigenvalue weighted by atomic mass is 127. The minimum Gasteiger partial charge on any atom is -0.357 e. The zero-order chi connectivity index (χ0) is 19.4. The number of aliphatic imine (C=N–C) groups is 1. The lowest BCUT2D eigenvalue weighted by Gasteiger charge is -2.11. The van der Waals surface area contributed by atoms with Gasteiger partial charge in [0.05, 0.1) is 6.26 Å². The fraction of sp³-hybridized carbons (Fsp3) is 0.632. The van der Waals surface area contributed by atoms with Crippen LogP contribution in [0.3, 0.4) is 0 Å². The maximum atomic E-state index is 11.0. The summed E-state index contributed by atoms with van der Waals surface area (Å²) in [5, 5.41) is 6.44. The molecule has 1 aromatic carbocycles. The standard InChI is InChI=1S/C19H34N4O2S.HI/c1-5-20-19(22-14-7-15-23-26(4,24)25)21-13-6-8-17-9-11-18(12-10-17)16(2)3;/h9-12,16,23H,5-8,13-15H2,1-4H3,(H2,20,21,22);1H. The second-order valence-electron chi connectivity index (χ2n) is 6.71. The van der Waals surface area contributed by atoms with Crippen LogP contribution in [-0.4, -0.2) is 46.8 Å². The fourth-order valence-corrected chi connectivity index (χ4v) is 2.95. The van der Waals surface area contributed by atoms with Crippen LogP contribution < -0.4 is 15.4 Å². The highest BCUT2D eigenvalue weighted by Crippen LogP contribution is 2.15. The van der Waals surface area contributed by atoms with Gasteiger partial charge in [0.1, 0.15) is 0 Å². The predicted octanol–water partition coefficient (Wildman–Crippen LogP) is 2.86. The van der Waals surface area contributed by atoms with Gasteiger partial charge in [-0.15, -0.1) is 24.0 Å². The quantitative estimate of drug-likeness (QED) is 0.185. The first-order chi connectivity index (χ1) is 12.3. The van der Waals surface area contributed by atoms with E-state index in [4.69, 9.17) is 0 Å². The lowest BCUT2D eigenvalue weighted by molar-refractivity contribution is 0.584. The Balaban J connectivity index is 0.00000676. The fourth-order valence-electron chi connectivity index (χ4n) is 2.44. The minimum atomic E-state index is -3.11. The van der Waals surface area contributed by atoms with Crippen molar-refractivity contribution in [2.24, 2.45) is 4.99 Å². The van der Waals surface area contributed by atoms with Crippen molar-refractivity contribution in [3.63, 3.8) is 0 Å². The van der Waals surface area contributed by atoms with E-state index in [1.54, 1.807) is 0 Å². The van der Waals surface area contributed by atoms with Gasteiger partial charge in [0.25, 0.3) is 0 Å². The van der Waals surface area contributed by atoms with Crippen LogP contribution in [0.25, 0.3) is 0 Å². The summed E-state index contributed by atoms with van der Waals surface area (Å²) in [6.45, 7) is 9.08. The Morgan fingerprint density at radius 3 is 2.30 bits per heavy atom. The maximum absolute atomic E-state index is 11.0. The molecule has 0 heterocycles. The number of nitrogens with one attached hydrogen (secondary N) is 3. The van der Waals surface area contributed by atoms with Crippen LogP contribution in [0.15, 0.2) is 29.3 Å². The number of rotatable bonds is 11. The summed E-state index contributed by atoms with van der Waals surface area (Å²) in [6.07, 6.45) is 3.88. The van der Waals surface area contributed by atoms with Crippen molar-refractivity contribution in [1.82, 2.24) is 15.4 Å². The van der Waals surface area contributed by atoms with Crippen LogP contribution in [0, 0.1) is 0 Å². The average Bonchev–Trinajstić information content (AvgIpc) is 2.57. The van der Waals surface area contributed by atoms with Crippen LogP contribution in [-0.2, 0) is 16.4 Å². The van der Waals surface area contributed by atoms with Crippen molar-refractivity contribution in [1.29, 1.82) is 0 Å². The number of nitrogens with zero attached hydrogens (tertiary/aromatic N) is 1. The van der Waals surface area contributed by atoms with Crippen LogP contribution in [0.4, 0.5) is 0 Å². The molecule has 0 aliphatic carbocycles. The van der Waals surface area contributed by atoms with Gasteiger partial charge in [-0.2, -0.15) is 0 Å². The van der Waals surface area contributed by atoms with E-state index in [9.17, 15) is 8.42 Å². The van der Waals surface area contributed by atoms with Crippen molar-refractivity contribution in [2.45, 2.75) is 46.0 Å². The third-order valence-electron chi connectivity index (χ3n) is 3.89. The Labute approximate surface area is 182 Å². The molecule has 0 radical (unpaired) electrons. The number of aryl methyl sites for hydroxylation is 1. The smallest absolute Gasteiger partial charge is 0.208 e. The molecule has 8 heteroatoms. The molecule has 0 saturated carbocycles. The van der Waals surface area contributed by atoms with Gasteiger partial charge in [0.15, 0.2) is 5.96 Å². The summed E-state index contributed by atoms with van der Waals surface area (Å²) in [5.41, 5.74) is 2.71. The van der Waals surface area contributed by atoms with Gasteiger partial charge in [0.2, 0.25) is 10.0 Å². The second-order valence-corrected chi connectivity index (χ2v) is 8.54. The summed E-state index contributed by atoms with van der Waals surface area (Å²) in [5.74, 6) is 1.34.